The number of nitrogens with zero attached hydrogens (tertiary/aromatic N) is 3. The smallest absolute Gasteiger partial charge is 0.126 e. The van der Waals surface area contributed by atoms with E-state index in [0.717, 1.165) is 35.7 Å². The fraction of sp³-hybridized carbons (Fsp3) is 0.389. The van der Waals surface area contributed by atoms with Crippen molar-refractivity contribution < 1.29 is 4.74 Å². The van der Waals surface area contributed by atoms with Crippen LogP contribution in [0.4, 0.5) is 11.6 Å². The Bertz CT molecular complexity index is 783. The van der Waals surface area contributed by atoms with E-state index in [1.54, 1.807) is 13.2 Å². The predicted octanol–water partition coefficient (Wildman–Crippen LogP) is 3.57. The van der Waals surface area contributed by atoms with Crippen LogP contribution in [0.3, 0.4) is 0 Å². The lowest BCUT2D eigenvalue weighted by Crippen LogP contribution is -2.34. The summed E-state index contributed by atoms with van der Waals surface area (Å²) in [5.74, 6) is 1.45. The molecule has 2 aromatic heterocycles. The Morgan fingerprint density at radius 1 is 1.32 bits per heavy atom. The topological polar surface area (TPSA) is 82.9 Å². The minimum absolute atomic E-state index is 0.399. The number of nitriles is 1. The van der Waals surface area contributed by atoms with E-state index in [-0.39, 0.29) is 0 Å². The van der Waals surface area contributed by atoms with Gasteiger partial charge in [0.15, 0.2) is 0 Å². The third-order valence-corrected chi connectivity index (χ3v) is 4.73. The van der Waals surface area contributed by atoms with Crippen molar-refractivity contribution in [1.82, 2.24) is 9.97 Å². The van der Waals surface area contributed by atoms with Gasteiger partial charge in [0.1, 0.15) is 11.6 Å². The van der Waals surface area contributed by atoms with Crippen LogP contribution in [0.15, 0.2) is 30.5 Å². The van der Waals surface area contributed by atoms with Crippen LogP contribution in [0.25, 0.3) is 11.3 Å². The first kappa shape index (κ1) is 17.5. The second-order valence-corrected chi connectivity index (χ2v) is 6.47. The van der Waals surface area contributed by atoms with E-state index in [1.807, 2.05) is 24.3 Å². The van der Waals surface area contributed by atoms with Crippen LogP contribution in [0, 0.1) is 16.7 Å². The molecular weight excluding hydrogens is 338 g/mol. The summed E-state index contributed by atoms with van der Waals surface area (Å²) in [6.45, 7) is 1.80. The molecular formula is C18H20ClN5O. The third kappa shape index (κ3) is 4.01. The van der Waals surface area contributed by atoms with Gasteiger partial charge >= 0.3 is 0 Å². The standard InChI is InChI=1S/C18H20ClN5O/c1-21-17-9-13(14(19)10-22-17)15-3-2-4-16(24-15)23-12-18(11-20)5-7-25-8-6-18/h2-4,9-10H,5-8,12H2,1H3,(H,21,22)(H,23,24). The van der Waals surface area contributed by atoms with Crippen LogP contribution in [0.5, 0.6) is 0 Å². The number of rotatable bonds is 5. The zero-order valence-corrected chi connectivity index (χ0v) is 14.8. The van der Waals surface area contributed by atoms with Crippen molar-refractivity contribution in [3.63, 3.8) is 0 Å². The highest BCUT2D eigenvalue weighted by atomic mass is 35.5. The number of ether oxygens (including phenoxy) is 1. The molecule has 1 saturated heterocycles. The average Bonchev–Trinajstić information content (AvgIpc) is 2.68. The molecule has 0 unspecified atom stereocenters. The Balaban J connectivity index is 1.79. The number of hydrogen-bond donors (Lipinski definition) is 2. The van der Waals surface area contributed by atoms with E-state index in [2.05, 4.69) is 26.7 Å². The first-order valence-electron chi connectivity index (χ1n) is 8.19. The van der Waals surface area contributed by atoms with Gasteiger partial charge in [-0.05, 0) is 31.0 Å². The van der Waals surface area contributed by atoms with Crippen LogP contribution in [0.2, 0.25) is 5.02 Å². The van der Waals surface area contributed by atoms with Gasteiger partial charge in [-0.25, -0.2) is 9.97 Å². The van der Waals surface area contributed by atoms with E-state index in [9.17, 15) is 5.26 Å². The molecule has 0 aromatic carbocycles. The molecule has 0 amide bonds. The monoisotopic (exact) mass is 357 g/mol. The maximum absolute atomic E-state index is 9.55. The Hall–Kier alpha value is -2.36. The fourth-order valence-corrected chi connectivity index (χ4v) is 3.01. The largest absolute Gasteiger partial charge is 0.381 e. The molecule has 2 aromatic rings. The maximum Gasteiger partial charge on any atom is 0.126 e. The van der Waals surface area contributed by atoms with Gasteiger partial charge in [-0.2, -0.15) is 5.26 Å². The lowest BCUT2D eigenvalue weighted by Gasteiger charge is -2.30. The molecule has 3 rings (SSSR count). The van der Waals surface area contributed by atoms with Gasteiger partial charge in [0.2, 0.25) is 0 Å². The summed E-state index contributed by atoms with van der Waals surface area (Å²) in [4.78, 5) is 8.83. The molecule has 0 atom stereocenters. The van der Waals surface area contributed by atoms with Crippen LogP contribution in [0.1, 0.15) is 12.8 Å². The zero-order chi connectivity index (χ0) is 17.7. The Morgan fingerprint density at radius 2 is 2.12 bits per heavy atom. The first-order valence-corrected chi connectivity index (χ1v) is 8.57. The van der Waals surface area contributed by atoms with Crippen molar-refractivity contribution in [3.8, 4) is 17.3 Å². The van der Waals surface area contributed by atoms with Gasteiger partial charge in [0.25, 0.3) is 0 Å². The molecule has 130 valence electrons. The van der Waals surface area contributed by atoms with Crippen molar-refractivity contribution in [3.05, 3.63) is 35.5 Å². The average molecular weight is 358 g/mol. The van der Waals surface area contributed by atoms with Crippen molar-refractivity contribution >= 4 is 23.2 Å². The summed E-state index contributed by atoms with van der Waals surface area (Å²) < 4.78 is 5.37. The maximum atomic E-state index is 9.55. The highest BCUT2D eigenvalue weighted by Gasteiger charge is 2.32. The molecule has 0 aliphatic carbocycles. The SMILES string of the molecule is CNc1cc(-c2cccc(NCC3(C#N)CCOCC3)n2)c(Cl)cn1. The second kappa shape index (κ2) is 7.68. The quantitative estimate of drug-likeness (QED) is 0.851. The minimum Gasteiger partial charge on any atom is -0.381 e. The molecule has 0 saturated carbocycles. The molecule has 2 N–H and O–H groups in total. The van der Waals surface area contributed by atoms with Crippen LogP contribution in [-0.4, -0.2) is 36.8 Å². The van der Waals surface area contributed by atoms with Crippen molar-refractivity contribution in [2.45, 2.75) is 12.8 Å². The molecule has 0 radical (unpaired) electrons. The summed E-state index contributed by atoms with van der Waals surface area (Å²) in [5.41, 5.74) is 1.17. The van der Waals surface area contributed by atoms with Gasteiger partial charge in [-0.15, -0.1) is 0 Å². The molecule has 3 heterocycles. The van der Waals surface area contributed by atoms with Gasteiger partial charge in [0, 0.05) is 38.6 Å². The van der Waals surface area contributed by atoms with Crippen molar-refractivity contribution in [1.29, 1.82) is 5.26 Å². The number of nitrogens with one attached hydrogen (secondary N) is 2. The van der Waals surface area contributed by atoms with Gasteiger partial charge < -0.3 is 15.4 Å². The summed E-state index contributed by atoms with van der Waals surface area (Å²) in [6, 6.07) is 10.0. The van der Waals surface area contributed by atoms with Crippen LogP contribution < -0.4 is 10.6 Å². The molecule has 1 aliphatic heterocycles. The third-order valence-electron chi connectivity index (χ3n) is 4.43. The molecule has 6 nitrogen and oxygen atoms in total. The minimum atomic E-state index is -0.399. The van der Waals surface area contributed by atoms with Crippen molar-refractivity contribution in [2.75, 3.05) is 37.4 Å². The Kier molecular flexibility index (Phi) is 5.37. The zero-order valence-electron chi connectivity index (χ0n) is 14.1. The van der Waals surface area contributed by atoms with E-state index >= 15 is 0 Å². The molecule has 0 spiro atoms. The first-order chi connectivity index (χ1) is 12.2. The number of pyridine rings is 2. The predicted molar refractivity (Wildman–Crippen MR) is 98.6 cm³/mol. The second-order valence-electron chi connectivity index (χ2n) is 6.07. The summed E-state index contributed by atoms with van der Waals surface area (Å²) in [6.07, 6.45) is 3.08. The normalized spacial score (nSPS) is 16.0. The van der Waals surface area contributed by atoms with Gasteiger partial charge in [-0.1, -0.05) is 17.7 Å². The molecule has 0 bridgehead atoms. The van der Waals surface area contributed by atoms with E-state index in [4.69, 9.17) is 16.3 Å². The van der Waals surface area contributed by atoms with Crippen LogP contribution in [-0.2, 0) is 4.74 Å². The lowest BCUT2D eigenvalue weighted by atomic mass is 9.82. The van der Waals surface area contributed by atoms with Crippen LogP contribution >= 0.6 is 11.6 Å². The number of halogens is 1. The molecule has 1 fully saturated rings. The summed E-state index contributed by atoms with van der Waals surface area (Å²) in [5, 5.41) is 16.4. The highest BCUT2D eigenvalue weighted by molar-refractivity contribution is 6.33. The van der Waals surface area contributed by atoms with E-state index in [0.29, 0.717) is 24.8 Å². The number of aromatic nitrogens is 2. The molecule has 25 heavy (non-hydrogen) atoms. The lowest BCUT2D eigenvalue weighted by molar-refractivity contribution is 0.0456. The van der Waals surface area contributed by atoms with E-state index in [1.165, 1.54) is 0 Å². The molecule has 1 aliphatic rings. The fourth-order valence-electron chi connectivity index (χ4n) is 2.80. The van der Waals surface area contributed by atoms with Gasteiger partial charge in [0.05, 0.1) is 22.2 Å². The number of anilines is 2. The number of hydrogen-bond acceptors (Lipinski definition) is 6. The highest BCUT2D eigenvalue weighted by Crippen LogP contribution is 2.31. The summed E-state index contributed by atoms with van der Waals surface area (Å²) >= 11 is 6.28. The van der Waals surface area contributed by atoms with Gasteiger partial charge in [-0.3, -0.25) is 0 Å². The molecule has 7 heteroatoms. The summed E-state index contributed by atoms with van der Waals surface area (Å²) in [7, 11) is 1.81. The Morgan fingerprint density at radius 3 is 2.84 bits per heavy atom. The van der Waals surface area contributed by atoms with Crippen molar-refractivity contribution in [2.24, 2.45) is 5.41 Å². The Labute approximate surface area is 152 Å². The van der Waals surface area contributed by atoms with E-state index < -0.39 is 5.41 Å².